The van der Waals surface area contributed by atoms with E-state index in [1.807, 2.05) is 54.6 Å². The first-order valence-corrected chi connectivity index (χ1v) is 8.01. The molecule has 1 atom stereocenters. The average molecular weight is 301 g/mol. The highest BCUT2D eigenvalue weighted by atomic mass is 32.2. The van der Waals surface area contributed by atoms with Crippen LogP contribution in [0.2, 0.25) is 0 Å². The molecule has 0 heterocycles. The number of rotatable bonds is 6. The van der Waals surface area contributed by atoms with E-state index in [4.69, 9.17) is 0 Å². The Morgan fingerprint density at radius 3 is 2.52 bits per heavy atom. The second kappa shape index (κ2) is 7.86. The molecule has 1 amide bonds. The van der Waals surface area contributed by atoms with Gasteiger partial charge in [-0.2, -0.15) is 0 Å². The van der Waals surface area contributed by atoms with Crippen molar-refractivity contribution in [2.24, 2.45) is 0 Å². The molecule has 2 aromatic carbocycles. The molecule has 1 unspecified atom stereocenters. The van der Waals surface area contributed by atoms with Crippen molar-refractivity contribution in [2.75, 3.05) is 11.1 Å². The third-order valence-electron chi connectivity index (χ3n) is 3.03. The van der Waals surface area contributed by atoms with E-state index in [0.717, 1.165) is 11.3 Å². The molecule has 110 valence electrons. The molecule has 0 fully saturated rings. The summed E-state index contributed by atoms with van der Waals surface area (Å²) in [5, 5.41) is 12.5. The van der Waals surface area contributed by atoms with Gasteiger partial charge in [0.15, 0.2) is 0 Å². The van der Waals surface area contributed by atoms with Gasteiger partial charge in [-0.25, -0.2) is 0 Å². The van der Waals surface area contributed by atoms with Crippen molar-refractivity contribution in [1.82, 2.24) is 0 Å². The van der Waals surface area contributed by atoms with Gasteiger partial charge < -0.3 is 10.4 Å². The van der Waals surface area contributed by atoms with Crippen molar-refractivity contribution in [3.05, 3.63) is 65.7 Å². The molecule has 3 nitrogen and oxygen atoms in total. The number of carbonyl (C=O) groups excluding carboxylic acids is 1. The summed E-state index contributed by atoms with van der Waals surface area (Å²) in [7, 11) is 0. The number of aliphatic hydroxyl groups is 1. The molecule has 0 aromatic heterocycles. The van der Waals surface area contributed by atoms with Crippen molar-refractivity contribution >= 4 is 23.4 Å². The van der Waals surface area contributed by atoms with Gasteiger partial charge in [-0.3, -0.25) is 4.79 Å². The predicted octanol–water partition coefficient (Wildman–Crippen LogP) is 3.61. The van der Waals surface area contributed by atoms with E-state index in [2.05, 4.69) is 5.32 Å². The van der Waals surface area contributed by atoms with Crippen LogP contribution in [0.5, 0.6) is 0 Å². The Hall–Kier alpha value is -1.78. The first-order valence-electron chi connectivity index (χ1n) is 6.85. The SMILES string of the molecule is CC(O)c1ccccc1NC(=O)CSCc1ccccc1. The van der Waals surface area contributed by atoms with Crippen molar-refractivity contribution < 1.29 is 9.90 Å². The van der Waals surface area contributed by atoms with E-state index >= 15 is 0 Å². The largest absolute Gasteiger partial charge is 0.389 e. The zero-order valence-corrected chi connectivity index (χ0v) is 12.8. The minimum absolute atomic E-state index is 0.0518. The number of aliphatic hydroxyl groups excluding tert-OH is 1. The number of hydrogen-bond acceptors (Lipinski definition) is 3. The molecule has 0 aliphatic heterocycles. The highest BCUT2D eigenvalue weighted by Gasteiger charge is 2.10. The van der Waals surface area contributed by atoms with Gasteiger partial charge >= 0.3 is 0 Å². The van der Waals surface area contributed by atoms with Crippen LogP contribution >= 0.6 is 11.8 Å². The summed E-state index contributed by atoms with van der Waals surface area (Å²) >= 11 is 1.57. The number of benzene rings is 2. The fourth-order valence-electron chi connectivity index (χ4n) is 2.00. The third-order valence-corrected chi connectivity index (χ3v) is 4.03. The normalized spacial score (nSPS) is 11.9. The fourth-order valence-corrected chi connectivity index (χ4v) is 2.79. The second-order valence-electron chi connectivity index (χ2n) is 4.79. The van der Waals surface area contributed by atoms with Gasteiger partial charge in [0, 0.05) is 17.0 Å². The average Bonchev–Trinajstić information content (AvgIpc) is 2.48. The lowest BCUT2D eigenvalue weighted by Crippen LogP contribution is -2.16. The van der Waals surface area contributed by atoms with Crippen LogP contribution in [-0.4, -0.2) is 16.8 Å². The minimum Gasteiger partial charge on any atom is -0.389 e. The highest BCUT2D eigenvalue weighted by molar-refractivity contribution is 7.99. The standard InChI is InChI=1S/C17H19NO2S/c1-13(19)15-9-5-6-10-16(15)18-17(20)12-21-11-14-7-3-2-4-8-14/h2-10,13,19H,11-12H2,1H3,(H,18,20). The number of thioether (sulfide) groups is 1. The summed E-state index contributed by atoms with van der Waals surface area (Å²) in [4.78, 5) is 12.0. The number of hydrogen-bond donors (Lipinski definition) is 2. The van der Waals surface area contributed by atoms with E-state index < -0.39 is 6.10 Å². The van der Waals surface area contributed by atoms with Gasteiger partial charge in [0.2, 0.25) is 5.91 Å². The lowest BCUT2D eigenvalue weighted by Gasteiger charge is -2.12. The zero-order valence-electron chi connectivity index (χ0n) is 12.0. The number of carbonyl (C=O) groups is 1. The van der Waals surface area contributed by atoms with Crippen LogP contribution in [-0.2, 0) is 10.5 Å². The third kappa shape index (κ3) is 4.92. The Morgan fingerprint density at radius 1 is 1.14 bits per heavy atom. The molecular formula is C17H19NO2S. The summed E-state index contributed by atoms with van der Waals surface area (Å²) < 4.78 is 0. The molecule has 0 saturated heterocycles. The summed E-state index contributed by atoms with van der Waals surface area (Å²) in [6.45, 7) is 1.69. The van der Waals surface area contributed by atoms with Crippen molar-refractivity contribution in [3.8, 4) is 0 Å². The van der Waals surface area contributed by atoms with Crippen LogP contribution in [0.4, 0.5) is 5.69 Å². The first-order chi connectivity index (χ1) is 10.2. The highest BCUT2D eigenvalue weighted by Crippen LogP contribution is 2.22. The fraction of sp³-hybridized carbons (Fsp3) is 0.235. The molecule has 0 aliphatic carbocycles. The Balaban J connectivity index is 1.85. The lowest BCUT2D eigenvalue weighted by molar-refractivity contribution is -0.113. The minimum atomic E-state index is -0.599. The van der Waals surface area contributed by atoms with Gasteiger partial charge in [-0.1, -0.05) is 48.5 Å². The maximum absolute atomic E-state index is 12.0. The van der Waals surface area contributed by atoms with Crippen LogP contribution in [0.1, 0.15) is 24.2 Å². The monoisotopic (exact) mass is 301 g/mol. The molecule has 2 aromatic rings. The van der Waals surface area contributed by atoms with Crippen molar-refractivity contribution in [1.29, 1.82) is 0 Å². The van der Waals surface area contributed by atoms with E-state index in [9.17, 15) is 9.90 Å². The van der Waals surface area contributed by atoms with Gasteiger partial charge in [0.25, 0.3) is 0 Å². The summed E-state index contributed by atoms with van der Waals surface area (Å²) in [6, 6.07) is 17.4. The van der Waals surface area contributed by atoms with Crippen LogP contribution < -0.4 is 5.32 Å². The van der Waals surface area contributed by atoms with E-state index in [-0.39, 0.29) is 5.91 Å². The predicted molar refractivity (Wildman–Crippen MR) is 88.3 cm³/mol. The maximum atomic E-state index is 12.0. The van der Waals surface area contributed by atoms with Crippen LogP contribution in [0.25, 0.3) is 0 Å². The van der Waals surface area contributed by atoms with Crippen molar-refractivity contribution in [2.45, 2.75) is 18.8 Å². The maximum Gasteiger partial charge on any atom is 0.234 e. The Labute approximate surface area is 129 Å². The van der Waals surface area contributed by atoms with Crippen LogP contribution in [0, 0.1) is 0 Å². The molecule has 21 heavy (non-hydrogen) atoms. The molecule has 0 spiro atoms. The summed E-state index contributed by atoms with van der Waals surface area (Å²) in [6.07, 6.45) is -0.599. The first kappa shape index (κ1) is 15.6. The van der Waals surface area contributed by atoms with Crippen LogP contribution in [0.15, 0.2) is 54.6 Å². The summed E-state index contributed by atoms with van der Waals surface area (Å²) in [5.41, 5.74) is 2.62. The molecular weight excluding hydrogens is 282 g/mol. The van der Waals surface area contributed by atoms with Crippen molar-refractivity contribution in [3.63, 3.8) is 0 Å². The Morgan fingerprint density at radius 2 is 1.81 bits per heavy atom. The molecule has 0 radical (unpaired) electrons. The second-order valence-corrected chi connectivity index (χ2v) is 5.78. The van der Waals surface area contributed by atoms with E-state index in [1.165, 1.54) is 5.56 Å². The number of amides is 1. The topological polar surface area (TPSA) is 49.3 Å². The number of para-hydroxylation sites is 1. The zero-order chi connectivity index (χ0) is 15.1. The molecule has 2 rings (SSSR count). The van der Waals surface area contributed by atoms with Gasteiger partial charge in [0.05, 0.1) is 11.9 Å². The Bertz CT molecular complexity index is 584. The lowest BCUT2D eigenvalue weighted by atomic mass is 10.1. The van der Waals surface area contributed by atoms with E-state index in [0.29, 0.717) is 11.4 Å². The van der Waals surface area contributed by atoms with Gasteiger partial charge in [0.1, 0.15) is 0 Å². The number of anilines is 1. The van der Waals surface area contributed by atoms with Gasteiger partial charge in [-0.05, 0) is 18.6 Å². The molecule has 2 N–H and O–H groups in total. The molecule has 0 bridgehead atoms. The smallest absolute Gasteiger partial charge is 0.234 e. The van der Waals surface area contributed by atoms with E-state index in [1.54, 1.807) is 18.7 Å². The molecule has 0 aliphatic rings. The van der Waals surface area contributed by atoms with Crippen LogP contribution in [0.3, 0.4) is 0 Å². The summed E-state index contributed by atoms with van der Waals surface area (Å²) in [5.74, 6) is 1.15. The quantitative estimate of drug-likeness (QED) is 0.857. The van der Waals surface area contributed by atoms with Gasteiger partial charge in [-0.15, -0.1) is 11.8 Å². The Kier molecular flexibility index (Phi) is 5.84. The number of nitrogens with one attached hydrogen (secondary N) is 1. The molecule has 0 saturated carbocycles. The molecule has 4 heteroatoms.